The van der Waals surface area contributed by atoms with Gasteiger partial charge in [-0.2, -0.15) is 18.3 Å². The second kappa shape index (κ2) is 6.77. The molecule has 3 rings (SSSR count). The Morgan fingerprint density at radius 2 is 1.92 bits per heavy atom. The molecule has 138 valence electrons. The summed E-state index contributed by atoms with van der Waals surface area (Å²) in [5, 5.41) is 12.9. The fraction of sp³-hybridized carbons (Fsp3) is 0.375. The van der Waals surface area contributed by atoms with Crippen LogP contribution in [0.5, 0.6) is 0 Å². The number of nitrogens with zero attached hydrogens (tertiary/aromatic N) is 4. The number of hydrogen-bond acceptors (Lipinski definition) is 4. The highest BCUT2D eigenvalue weighted by Gasteiger charge is 2.38. The zero-order chi connectivity index (χ0) is 18.9. The van der Waals surface area contributed by atoms with Gasteiger partial charge in [0.1, 0.15) is 0 Å². The number of amides is 1. The van der Waals surface area contributed by atoms with Crippen LogP contribution >= 0.6 is 0 Å². The summed E-state index contributed by atoms with van der Waals surface area (Å²) in [5.41, 5.74) is -1.59. The van der Waals surface area contributed by atoms with Crippen molar-refractivity contribution in [2.45, 2.75) is 25.1 Å². The number of piperidine rings is 1. The number of aromatic nitrogens is 3. The van der Waals surface area contributed by atoms with Gasteiger partial charge in [0.15, 0.2) is 5.69 Å². The summed E-state index contributed by atoms with van der Waals surface area (Å²) in [7, 11) is 0. The molecule has 0 saturated carbocycles. The van der Waals surface area contributed by atoms with Crippen LogP contribution in [0.1, 0.15) is 45.3 Å². The maximum Gasteiger partial charge on any atom is 0.434 e. The van der Waals surface area contributed by atoms with E-state index in [-0.39, 0.29) is 24.7 Å². The second-order valence-corrected chi connectivity index (χ2v) is 5.93. The number of halogens is 3. The lowest BCUT2D eigenvalue weighted by atomic mass is 10.0. The van der Waals surface area contributed by atoms with E-state index < -0.39 is 29.3 Å². The molecule has 3 heterocycles. The Hall–Kier alpha value is -2.91. The first-order valence-corrected chi connectivity index (χ1v) is 7.86. The van der Waals surface area contributed by atoms with Crippen molar-refractivity contribution >= 4 is 11.9 Å². The summed E-state index contributed by atoms with van der Waals surface area (Å²) in [4.78, 5) is 28.1. The molecule has 26 heavy (non-hydrogen) atoms. The molecule has 7 nitrogen and oxygen atoms in total. The molecule has 1 N–H and O–H groups in total. The molecular formula is C16H15F3N4O3. The maximum absolute atomic E-state index is 13.0. The molecule has 1 amide bonds. The highest BCUT2D eigenvalue weighted by Crippen LogP contribution is 2.31. The standard InChI is InChI=1S/C16H15F3N4O3/c17-16(18,19)13-12(2-1-5-20-13)14(24)22-6-3-11(4-7-22)23-9-10(8-21-23)15(25)26/h1-2,5,8-9,11H,3-4,6-7H2,(H,25,26). The summed E-state index contributed by atoms with van der Waals surface area (Å²) >= 11 is 0. The Bertz CT molecular complexity index is 826. The van der Waals surface area contributed by atoms with Crippen LogP contribution in [0, 0.1) is 0 Å². The van der Waals surface area contributed by atoms with Crippen molar-refractivity contribution in [2.24, 2.45) is 0 Å². The van der Waals surface area contributed by atoms with Crippen LogP contribution in [-0.2, 0) is 6.18 Å². The van der Waals surface area contributed by atoms with E-state index >= 15 is 0 Å². The van der Waals surface area contributed by atoms with Crippen molar-refractivity contribution in [3.8, 4) is 0 Å². The average Bonchev–Trinajstić information content (AvgIpc) is 3.11. The van der Waals surface area contributed by atoms with E-state index in [9.17, 15) is 22.8 Å². The Morgan fingerprint density at radius 3 is 2.50 bits per heavy atom. The highest BCUT2D eigenvalue weighted by molar-refractivity contribution is 5.95. The summed E-state index contributed by atoms with van der Waals surface area (Å²) in [6.07, 6.45) is -0.114. The lowest BCUT2D eigenvalue weighted by molar-refractivity contribution is -0.141. The minimum Gasteiger partial charge on any atom is -0.478 e. The van der Waals surface area contributed by atoms with Gasteiger partial charge in [-0.3, -0.25) is 14.5 Å². The van der Waals surface area contributed by atoms with Crippen LogP contribution in [0.3, 0.4) is 0 Å². The minimum absolute atomic E-state index is 0.0636. The number of aromatic carboxylic acids is 1. The number of likely N-dealkylation sites (tertiary alicyclic amines) is 1. The van der Waals surface area contributed by atoms with Gasteiger partial charge in [0.25, 0.3) is 5.91 Å². The van der Waals surface area contributed by atoms with Gasteiger partial charge < -0.3 is 10.0 Å². The molecule has 1 fully saturated rings. The number of carbonyl (C=O) groups excluding carboxylic acids is 1. The molecule has 1 aliphatic heterocycles. The average molecular weight is 368 g/mol. The molecule has 0 bridgehead atoms. The van der Waals surface area contributed by atoms with Gasteiger partial charge in [-0.25, -0.2) is 4.79 Å². The first kappa shape index (κ1) is 17.9. The van der Waals surface area contributed by atoms with Gasteiger partial charge in [0, 0.05) is 25.5 Å². The van der Waals surface area contributed by atoms with Crippen LogP contribution in [0.25, 0.3) is 0 Å². The van der Waals surface area contributed by atoms with Crippen molar-refractivity contribution < 1.29 is 27.9 Å². The molecule has 0 radical (unpaired) electrons. The quantitative estimate of drug-likeness (QED) is 0.899. The lowest BCUT2D eigenvalue weighted by Gasteiger charge is -2.32. The number of hydrogen-bond donors (Lipinski definition) is 1. The first-order chi connectivity index (χ1) is 12.3. The van der Waals surface area contributed by atoms with E-state index in [0.29, 0.717) is 12.8 Å². The van der Waals surface area contributed by atoms with Crippen molar-refractivity contribution in [1.82, 2.24) is 19.7 Å². The summed E-state index contributed by atoms with van der Waals surface area (Å²) < 4.78 is 40.6. The molecule has 0 aromatic carbocycles. The second-order valence-electron chi connectivity index (χ2n) is 5.93. The molecule has 10 heteroatoms. The third kappa shape index (κ3) is 3.53. The smallest absolute Gasteiger partial charge is 0.434 e. The Morgan fingerprint density at radius 1 is 1.23 bits per heavy atom. The Kier molecular flexibility index (Phi) is 4.66. The van der Waals surface area contributed by atoms with Gasteiger partial charge in [0.05, 0.1) is 23.4 Å². The van der Waals surface area contributed by atoms with Crippen LogP contribution in [0.15, 0.2) is 30.7 Å². The fourth-order valence-electron chi connectivity index (χ4n) is 2.96. The number of carbonyl (C=O) groups is 2. The number of carboxylic acids is 1. The number of pyridine rings is 1. The first-order valence-electron chi connectivity index (χ1n) is 7.86. The van der Waals surface area contributed by atoms with E-state index in [1.807, 2.05) is 0 Å². The predicted molar refractivity (Wildman–Crippen MR) is 82.6 cm³/mol. The topological polar surface area (TPSA) is 88.3 Å². The van der Waals surface area contributed by atoms with E-state index in [1.165, 1.54) is 28.0 Å². The molecule has 1 aliphatic rings. The number of carboxylic acid groups (broad SMARTS) is 1. The molecule has 1 saturated heterocycles. The van der Waals surface area contributed by atoms with E-state index in [1.54, 1.807) is 0 Å². The number of rotatable bonds is 3. The molecule has 0 aliphatic carbocycles. The van der Waals surface area contributed by atoms with Crippen molar-refractivity contribution in [3.05, 3.63) is 47.5 Å². The molecule has 0 spiro atoms. The lowest BCUT2D eigenvalue weighted by Crippen LogP contribution is -2.40. The van der Waals surface area contributed by atoms with E-state index in [2.05, 4.69) is 10.1 Å². The highest BCUT2D eigenvalue weighted by atomic mass is 19.4. The van der Waals surface area contributed by atoms with Gasteiger partial charge in [-0.15, -0.1) is 0 Å². The van der Waals surface area contributed by atoms with Gasteiger partial charge in [-0.05, 0) is 25.0 Å². The van der Waals surface area contributed by atoms with Crippen LogP contribution in [0.2, 0.25) is 0 Å². The third-order valence-electron chi connectivity index (χ3n) is 4.28. The number of alkyl halides is 3. The van der Waals surface area contributed by atoms with E-state index in [0.717, 1.165) is 12.3 Å². The largest absolute Gasteiger partial charge is 0.478 e. The molecule has 2 aromatic heterocycles. The molecule has 0 unspecified atom stereocenters. The Labute approximate surface area is 146 Å². The van der Waals surface area contributed by atoms with Crippen LogP contribution in [-0.4, -0.2) is 49.7 Å². The maximum atomic E-state index is 13.0. The van der Waals surface area contributed by atoms with Gasteiger partial charge >= 0.3 is 12.1 Å². The minimum atomic E-state index is -4.70. The molecular weight excluding hydrogens is 353 g/mol. The molecule has 2 aromatic rings. The predicted octanol–water partition coefficient (Wildman–Crippen LogP) is 2.47. The zero-order valence-electron chi connectivity index (χ0n) is 13.5. The fourth-order valence-corrected chi connectivity index (χ4v) is 2.96. The third-order valence-corrected chi connectivity index (χ3v) is 4.28. The summed E-state index contributed by atoms with van der Waals surface area (Å²) in [6.45, 7) is 0.496. The summed E-state index contributed by atoms with van der Waals surface area (Å²) in [5.74, 6) is -1.80. The molecule has 0 atom stereocenters. The van der Waals surface area contributed by atoms with Crippen LogP contribution < -0.4 is 0 Å². The van der Waals surface area contributed by atoms with Crippen LogP contribution in [0.4, 0.5) is 13.2 Å². The van der Waals surface area contributed by atoms with Crippen molar-refractivity contribution in [3.63, 3.8) is 0 Å². The van der Waals surface area contributed by atoms with Gasteiger partial charge in [0.2, 0.25) is 0 Å². The summed E-state index contributed by atoms with van der Waals surface area (Å²) in [6, 6.07) is 2.31. The Balaban J connectivity index is 1.70. The van der Waals surface area contributed by atoms with Gasteiger partial charge in [-0.1, -0.05) is 0 Å². The van der Waals surface area contributed by atoms with Crippen molar-refractivity contribution in [2.75, 3.05) is 13.1 Å². The normalized spacial score (nSPS) is 15.9. The monoisotopic (exact) mass is 368 g/mol. The van der Waals surface area contributed by atoms with E-state index in [4.69, 9.17) is 5.11 Å². The zero-order valence-corrected chi connectivity index (χ0v) is 13.5. The SMILES string of the molecule is O=C(O)c1cnn(C2CCN(C(=O)c3cccnc3C(F)(F)F)CC2)c1. The van der Waals surface area contributed by atoms with Crippen molar-refractivity contribution in [1.29, 1.82) is 0 Å².